The van der Waals surface area contributed by atoms with Crippen LogP contribution < -0.4 is 0 Å². The van der Waals surface area contributed by atoms with Crippen molar-refractivity contribution in [2.75, 3.05) is 0 Å². The van der Waals surface area contributed by atoms with Crippen molar-refractivity contribution < 1.29 is 4.39 Å². The Morgan fingerprint density at radius 2 is 1.90 bits per heavy atom. The van der Waals surface area contributed by atoms with E-state index in [9.17, 15) is 4.39 Å². The molecule has 52 valence electrons. The summed E-state index contributed by atoms with van der Waals surface area (Å²) in [5.74, 6) is 0.612. The van der Waals surface area contributed by atoms with E-state index in [0.717, 1.165) is 5.56 Å². The van der Waals surface area contributed by atoms with Gasteiger partial charge >= 0.3 is 6.08 Å². The van der Waals surface area contributed by atoms with Crippen molar-refractivity contribution in [2.45, 2.75) is 18.8 Å². The van der Waals surface area contributed by atoms with Gasteiger partial charge in [-0.2, -0.15) is 4.39 Å². The van der Waals surface area contributed by atoms with Gasteiger partial charge in [-0.15, -0.1) is 0 Å². The van der Waals surface area contributed by atoms with Crippen LogP contribution in [0.3, 0.4) is 0 Å². The second-order valence-corrected chi connectivity index (χ2v) is 2.56. The van der Waals surface area contributed by atoms with Crippen molar-refractivity contribution in [2.24, 2.45) is 0 Å². The highest BCUT2D eigenvalue weighted by atomic mass is 19.1. The lowest BCUT2D eigenvalue weighted by Crippen LogP contribution is -1.89. The molecule has 0 spiro atoms. The standard InChI is InChI=1S/C7H7FN2/c8-7-9-3-6(4-10-7)5-1-2-5/h3-5H,1-2H2. The van der Waals surface area contributed by atoms with Gasteiger partial charge in [0.15, 0.2) is 0 Å². The molecule has 0 N–H and O–H groups in total. The normalized spacial score (nSPS) is 17.3. The van der Waals surface area contributed by atoms with Gasteiger partial charge in [0.25, 0.3) is 0 Å². The van der Waals surface area contributed by atoms with E-state index in [1.54, 1.807) is 12.4 Å². The highest BCUT2D eigenvalue weighted by Gasteiger charge is 2.23. The molecule has 0 aromatic carbocycles. The highest BCUT2D eigenvalue weighted by Crippen LogP contribution is 2.39. The minimum absolute atomic E-state index is 0.612. The Hall–Kier alpha value is -0.990. The van der Waals surface area contributed by atoms with Crippen LogP contribution in [0.4, 0.5) is 4.39 Å². The first-order valence-electron chi connectivity index (χ1n) is 3.34. The molecule has 1 aromatic heterocycles. The highest BCUT2D eigenvalue weighted by molar-refractivity contribution is 5.15. The Morgan fingerprint density at radius 1 is 1.30 bits per heavy atom. The van der Waals surface area contributed by atoms with Gasteiger partial charge in [0.1, 0.15) is 0 Å². The van der Waals surface area contributed by atoms with Crippen LogP contribution in [-0.2, 0) is 0 Å². The molecule has 0 amide bonds. The van der Waals surface area contributed by atoms with E-state index in [0.29, 0.717) is 5.92 Å². The number of nitrogens with zero attached hydrogens (tertiary/aromatic N) is 2. The number of hydrogen-bond donors (Lipinski definition) is 0. The minimum Gasteiger partial charge on any atom is -0.210 e. The van der Waals surface area contributed by atoms with E-state index in [1.807, 2.05) is 0 Å². The zero-order valence-corrected chi connectivity index (χ0v) is 5.42. The molecule has 0 atom stereocenters. The predicted molar refractivity (Wildman–Crippen MR) is 34.0 cm³/mol. The average molecular weight is 138 g/mol. The summed E-state index contributed by atoms with van der Waals surface area (Å²) < 4.78 is 12.1. The summed E-state index contributed by atoms with van der Waals surface area (Å²) >= 11 is 0. The second-order valence-electron chi connectivity index (χ2n) is 2.56. The molecule has 1 saturated carbocycles. The van der Waals surface area contributed by atoms with Gasteiger partial charge in [0.05, 0.1) is 0 Å². The molecule has 0 radical (unpaired) electrons. The van der Waals surface area contributed by atoms with E-state index >= 15 is 0 Å². The van der Waals surface area contributed by atoms with Crippen LogP contribution in [0.2, 0.25) is 0 Å². The molecule has 3 heteroatoms. The summed E-state index contributed by atoms with van der Waals surface area (Å²) in [4.78, 5) is 6.93. The monoisotopic (exact) mass is 138 g/mol. The van der Waals surface area contributed by atoms with Gasteiger partial charge in [0, 0.05) is 12.4 Å². The second kappa shape index (κ2) is 2.01. The lowest BCUT2D eigenvalue weighted by molar-refractivity contribution is 0.536. The van der Waals surface area contributed by atoms with Crippen molar-refractivity contribution in [1.29, 1.82) is 0 Å². The molecule has 1 fully saturated rings. The molecule has 1 aliphatic carbocycles. The first-order valence-corrected chi connectivity index (χ1v) is 3.34. The topological polar surface area (TPSA) is 25.8 Å². The fourth-order valence-corrected chi connectivity index (χ4v) is 0.950. The van der Waals surface area contributed by atoms with Crippen LogP contribution in [0.15, 0.2) is 12.4 Å². The Morgan fingerprint density at radius 3 is 2.40 bits per heavy atom. The van der Waals surface area contributed by atoms with Crippen molar-refractivity contribution in [3.8, 4) is 0 Å². The van der Waals surface area contributed by atoms with Crippen LogP contribution in [0.5, 0.6) is 0 Å². The molecule has 2 rings (SSSR count). The molecule has 1 heterocycles. The number of hydrogen-bond acceptors (Lipinski definition) is 2. The predicted octanol–water partition coefficient (Wildman–Crippen LogP) is 1.49. The Kier molecular flexibility index (Phi) is 1.16. The van der Waals surface area contributed by atoms with Gasteiger partial charge < -0.3 is 0 Å². The first kappa shape index (κ1) is 5.77. The van der Waals surface area contributed by atoms with Crippen LogP contribution in [0, 0.1) is 6.08 Å². The van der Waals surface area contributed by atoms with E-state index in [4.69, 9.17) is 0 Å². The summed E-state index contributed by atoms with van der Waals surface area (Å²) in [7, 11) is 0. The molecule has 10 heavy (non-hydrogen) atoms. The van der Waals surface area contributed by atoms with Gasteiger partial charge in [-0.25, -0.2) is 9.97 Å². The average Bonchev–Trinajstić information content (AvgIpc) is 2.71. The van der Waals surface area contributed by atoms with E-state index in [-0.39, 0.29) is 0 Å². The largest absolute Gasteiger partial charge is 0.308 e. The smallest absolute Gasteiger partial charge is 0.210 e. The summed E-state index contributed by atoms with van der Waals surface area (Å²) in [6, 6.07) is 0. The third-order valence-corrected chi connectivity index (χ3v) is 1.69. The Labute approximate surface area is 58.1 Å². The zero-order valence-electron chi connectivity index (χ0n) is 5.42. The fraction of sp³-hybridized carbons (Fsp3) is 0.429. The Bertz CT molecular complexity index is 228. The Balaban J connectivity index is 2.28. The van der Waals surface area contributed by atoms with Crippen LogP contribution >= 0.6 is 0 Å². The van der Waals surface area contributed by atoms with E-state index < -0.39 is 6.08 Å². The lowest BCUT2D eigenvalue weighted by atomic mass is 10.2. The first-order chi connectivity index (χ1) is 4.86. The molecule has 0 bridgehead atoms. The fourth-order valence-electron chi connectivity index (χ4n) is 0.950. The maximum absolute atomic E-state index is 12.1. The van der Waals surface area contributed by atoms with Crippen molar-refractivity contribution in [3.63, 3.8) is 0 Å². The maximum atomic E-state index is 12.1. The molecular formula is C7H7FN2. The van der Waals surface area contributed by atoms with E-state index in [2.05, 4.69) is 9.97 Å². The van der Waals surface area contributed by atoms with Crippen molar-refractivity contribution >= 4 is 0 Å². The summed E-state index contributed by atoms with van der Waals surface area (Å²) in [6.45, 7) is 0. The molecule has 0 aliphatic heterocycles. The minimum atomic E-state index is -0.635. The lowest BCUT2D eigenvalue weighted by Gasteiger charge is -1.92. The molecule has 1 aliphatic rings. The quantitative estimate of drug-likeness (QED) is 0.549. The zero-order chi connectivity index (χ0) is 6.97. The third kappa shape index (κ3) is 0.988. The van der Waals surface area contributed by atoms with Gasteiger partial charge in [-0.05, 0) is 24.3 Å². The SMILES string of the molecule is Fc1ncc(C2CC2)cn1. The van der Waals surface area contributed by atoms with Crippen LogP contribution in [0.25, 0.3) is 0 Å². The summed E-state index contributed by atoms with van der Waals surface area (Å²) in [5, 5.41) is 0. The molecular weight excluding hydrogens is 131 g/mol. The molecule has 1 aromatic rings. The number of rotatable bonds is 1. The molecule has 0 unspecified atom stereocenters. The van der Waals surface area contributed by atoms with Gasteiger partial charge in [-0.3, -0.25) is 0 Å². The van der Waals surface area contributed by atoms with Crippen molar-refractivity contribution in [1.82, 2.24) is 9.97 Å². The molecule has 2 nitrogen and oxygen atoms in total. The molecule has 0 saturated heterocycles. The van der Waals surface area contributed by atoms with Gasteiger partial charge in [-0.1, -0.05) is 0 Å². The summed E-state index contributed by atoms with van der Waals surface area (Å²) in [5.41, 5.74) is 1.07. The van der Waals surface area contributed by atoms with Gasteiger partial charge in [0.2, 0.25) is 0 Å². The number of halogens is 1. The van der Waals surface area contributed by atoms with Crippen molar-refractivity contribution in [3.05, 3.63) is 24.0 Å². The summed E-state index contributed by atoms with van der Waals surface area (Å²) in [6.07, 6.45) is 4.91. The maximum Gasteiger partial charge on any atom is 0.308 e. The van der Waals surface area contributed by atoms with E-state index in [1.165, 1.54) is 12.8 Å². The van der Waals surface area contributed by atoms with Crippen LogP contribution in [-0.4, -0.2) is 9.97 Å². The number of aromatic nitrogens is 2. The van der Waals surface area contributed by atoms with Crippen LogP contribution in [0.1, 0.15) is 24.3 Å². The third-order valence-electron chi connectivity index (χ3n) is 1.69.